The zero-order valence-corrected chi connectivity index (χ0v) is 14.5. The number of esters is 1. The van der Waals surface area contributed by atoms with Gasteiger partial charge in [0.15, 0.2) is 6.10 Å². The van der Waals surface area contributed by atoms with E-state index in [0.29, 0.717) is 34.6 Å². The number of carbonyl (C=O) groups is 2. The highest BCUT2D eigenvalue weighted by Gasteiger charge is 2.25. The van der Waals surface area contributed by atoms with Gasteiger partial charge in [-0.05, 0) is 38.5 Å². The second kappa shape index (κ2) is 6.87. The third kappa shape index (κ3) is 3.37. The van der Waals surface area contributed by atoms with Gasteiger partial charge in [0.05, 0.1) is 16.7 Å². The van der Waals surface area contributed by atoms with E-state index in [1.54, 1.807) is 25.1 Å². The van der Waals surface area contributed by atoms with Crippen molar-refractivity contribution in [2.24, 2.45) is 0 Å². The van der Waals surface area contributed by atoms with E-state index < -0.39 is 18.0 Å². The third-order valence-electron chi connectivity index (χ3n) is 3.91. The summed E-state index contributed by atoms with van der Waals surface area (Å²) in [5, 5.41) is 6.44. The van der Waals surface area contributed by atoms with Gasteiger partial charge in [-0.3, -0.25) is 4.79 Å². The minimum absolute atomic E-state index is 0.249. The molecule has 0 spiro atoms. The first-order valence-electron chi connectivity index (χ1n) is 8.08. The Morgan fingerprint density at radius 3 is 2.77 bits per heavy atom. The Bertz CT molecular complexity index is 1030. The Labute approximate surface area is 147 Å². The molecule has 0 aliphatic carbocycles. The Hall–Kier alpha value is -3.36. The smallest absolute Gasteiger partial charge is 0.344 e. The second-order valence-electron chi connectivity index (χ2n) is 5.79. The highest BCUT2D eigenvalue weighted by atomic mass is 16.5. The molecular weight excluding hydrogens is 340 g/mol. The molecule has 0 aliphatic rings. The van der Waals surface area contributed by atoms with Gasteiger partial charge in [0, 0.05) is 5.69 Å². The summed E-state index contributed by atoms with van der Waals surface area (Å²) < 4.78 is 10.2. The number of amides is 1. The number of aromatic amines is 2. The lowest BCUT2D eigenvalue weighted by atomic mass is 10.1. The number of rotatable bonds is 5. The Kier molecular flexibility index (Phi) is 4.61. The molecule has 0 fully saturated rings. The summed E-state index contributed by atoms with van der Waals surface area (Å²) >= 11 is 0. The maximum atomic E-state index is 12.3. The van der Waals surface area contributed by atoms with E-state index in [2.05, 4.69) is 20.4 Å². The Morgan fingerprint density at radius 1 is 1.31 bits per heavy atom. The standard InChI is InChI=1S/C17H18N4O5/c1-4-11-14(8(2)26-21-11)16(23)25-9(3)15(22)18-10-5-6-12-13(7-10)20-17(24)19-12/h5-7,9H,4H2,1-3H3,(H,18,22)(H2,19,20,24)/t9-/m0/s1. The number of aromatic nitrogens is 3. The number of anilines is 1. The van der Waals surface area contributed by atoms with E-state index in [9.17, 15) is 14.4 Å². The third-order valence-corrected chi connectivity index (χ3v) is 3.91. The minimum atomic E-state index is -1.03. The van der Waals surface area contributed by atoms with Crippen molar-refractivity contribution >= 4 is 28.6 Å². The number of imidazole rings is 1. The molecular formula is C17H18N4O5. The van der Waals surface area contributed by atoms with E-state index in [1.165, 1.54) is 6.92 Å². The largest absolute Gasteiger partial charge is 0.449 e. The first-order chi connectivity index (χ1) is 12.4. The van der Waals surface area contributed by atoms with Crippen molar-refractivity contribution in [1.82, 2.24) is 15.1 Å². The van der Waals surface area contributed by atoms with Crippen LogP contribution in [0.4, 0.5) is 5.69 Å². The minimum Gasteiger partial charge on any atom is -0.449 e. The van der Waals surface area contributed by atoms with Crippen molar-refractivity contribution in [2.45, 2.75) is 33.3 Å². The molecule has 9 heteroatoms. The van der Waals surface area contributed by atoms with Crippen LogP contribution in [0.1, 0.15) is 35.7 Å². The van der Waals surface area contributed by atoms with Crippen molar-refractivity contribution in [3.8, 4) is 0 Å². The fourth-order valence-electron chi connectivity index (χ4n) is 2.55. The normalized spacial score (nSPS) is 12.1. The molecule has 9 nitrogen and oxygen atoms in total. The number of benzene rings is 1. The number of nitrogens with one attached hydrogen (secondary N) is 3. The highest BCUT2D eigenvalue weighted by molar-refractivity contribution is 5.98. The number of nitrogens with zero attached hydrogens (tertiary/aromatic N) is 1. The van der Waals surface area contributed by atoms with Crippen LogP contribution in [-0.2, 0) is 16.0 Å². The molecule has 136 valence electrons. The predicted molar refractivity (Wildman–Crippen MR) is 93.0 cm³/mol. The fourth-order valence-corrected chi connectivity index (χ4v) is 2.55. The molecule has 2 heterocycles. The maximum absolute atomic E-state index is 12.3. The molecule has 0 saturated heterocycles. The quantitative estimate of drug-likeness (QED) is 0.597. The van der Waals surface area contributed by atoms with E-state index in [1.807, 2.05) is 6.92 Å². The molecule has 3 aromatic rings. The van der Waals surface area contributed by atoms with Crippen LogP contribution in [-0.4, -0.2) is 33.1 Å². The number of fused-ring (bicyclic) bond motifs is 1. The molecule has 1 atom stereocenters. The number of carbonyl (C=O) groups excluding carboxylic acids is 2. The first kappa shape index (κ1) is 17.5. The van der Waals surface area contributed by atoms with Crippen LogP contribution in [0.25, 0.3) is 11.0 Å². The van der Waals surface area contributed by atoms with Crippen LogP contribution in [0.5, 0.6) is 0 Å². The van der Waals surface area contributed by atoms with Gasteiger partial charge in [-0.1, -0.05) is 12.1 Å². The molecule has 0 bridgehead atoms. The van der Waals surface area contributed by atoms with Crippen LogP contribution in [0.3, 0.4) is 0 Å². The molecule has 0 unspecified atom stereocenters. The Morgan fingerprint density at radius 2 is 2.04 bits per heavy atom. The summed E-state index contributed by atoms with van der Waals surface area (Å²) in [4.78, 5) is 41.1. The van der Waals surface area contributed by atoms with Crippen molar-refractivity contribution in [2.75, 3.05) is 5.32 Å². The summed E-state index contributed by atoms with van der Waals surface area (Å²) in [5.74, 6) is -0.808. The lowest BCUT2D eigenvalue weighted by molar-refractivity contribution is -0.123. The van der Waals surface area contributed by atoms with Gasteiger partial charge in [0.1, 0.15) is 11.3 Å². The van der Waals surface area contributed by atoms with E-state index in [0.717, 1.165) is 0 Å². The SMILES string of the molecule is CCc1noc(C)c1C(=O)O[C@@H](C)C(=O)Nc1ccc2[nH]c(=O)[nH]c2c1. The lowest BCUT2D eigenvalue weighted by Gasteiger charge is -2.13. The van der Waals surface area contributed by atoms with Gasteiger partial charge >= 0.3 is 11.7 Å². The van der Waals surface area contributed by atoms with Gasteiger partial charge < -0.3 is 24.5 Å². The summed E-state index contributed by atoms with van der Waals surface area (Å²) in [6.45, 7) is 4.92. The zero-order valence-electron chi connectivity index (χ0n) is 14.5. The topological polar surface area (TPSA) is 130 Å². The molecule has 26 heavy (non-hydrogen) atoms. The average molecular weight is 358 g/mol. The van der Waals surface area contributed by atoms with Crippen LogP contribution in [0, 0.1) is 6.92 Å². The van der Waals surface area contributed by atoms with Gasteiger partial charge in [-0.2, -0.15) is 0 Å². The maximum Gasteiger partial charge on any atom is 0.344 e. The molecule has 3 rings (SSSR count). The number of H-pyrrole nitrogens is 2. The number of hydrogen-bond acceptors (Lipinski definition) is 6. The van der Waals surface area contributed by atoms with Crippen LogP contribution in [0.2, 0.25) is 0 Å². The molecule has 2 aromatic heterocycles. The van der Waals surface area contributed by atoms with Crippen molar-refractivity contribution in [3.05, 3.63) is 45.7 Å². The molecule has 0 saturated carbocycles. The van der Waals surface area contributed by atoms with Gasteiger partial charge in [0.25, 0.3) is 5.91 Å². The summed E-state index contributed by atoms with van der Waals surface area (Å²) in [6.07, 6.45) is -0.514. The van der Waals surface area contributed by atoms with Gasteiger partial charge in [0.2, 0.25) is 0 Å². The lowest BCUT2D eigenvalue weighted by Crippen LogP contribution is -2.30. The first-order valence-corrected chi connectivity index (χ1v) is 8.08. The van der Waals surface area contributed by atoms with E-state index in [4.69, 9.17) is 9.26 Å². The highest BCUT2D eigenvalue weighted by Crippen LogP contribution is 2.18. The number of hydrogen-bond donors (Lipinski definition) is 3. The average Bonchev–Trinajstić information content (AvgIpc) is 3.15. The van der Waals surface area contributed by atoms with Gasteiger partial charge in [-0.25, -0.2) is 9.59 Å². The fraction of sp³-hybridized carbons (Fsp3) is 0.294. The van der Waals surface area contributed by atoms with Crippen LogP contribution in [0.15, 0.2) is 27.5 Å². The molecule has 0 radical (unpaired) electrons. The van der Waals surface area contributed by atoms with E-state index >= 15 is 0 Å². The summed E-state index contributed by atoms with van der Waals surface area (Å²) in [7, 11) is 0. The predicted octanol–water partition coefficient (Wildman–Crippen LogP) is 1.90. The van der Waals surface area contributed by atoms with Gasteiger partial charge in [-0.15, -0.1) is 0 Å². The molecule has 0 aliphatic heterocycles. The van der Waals surface area contributed by atoms with Crippen molar-refractivity contribution in [3.63, 3.8) is 0 Å². The summed E-state index contributed by atoms with van der Waals surface area (Å²) in [5.41, 5.74) is 2.06. The summed E-state index contributed by atoms with van der Waals surface area (Å²) in [6, 6.07) is 4.91. The Balaban J connectivity index is 1.69. The number of ether oxygens (including phenoxy) is 1. The molecule has 3 N–H and O–H groups in total. The van der Waals surface area contributed by atoms with Crippen molar-refractivity contribution in [1.29, 1.82) is 0 Å². The van der Waals surface area contributed by atoms with Crippen LogP contribution >= 0.6 is 0 Å². The van der Waals surface area contributed by atoms with E-state index in [-0.39, 0.29) is 11.3 Å². The zero-order chi connectivity index (χ0) is 18.8. The molecule has 1 aromatic carbocycles. The number of aryl methyl sites for hydroxylation is 2. The van der Waals surface area contributed by atoms with Crippen LogP contribution < -0.4 is 11.0 Å². The molecule has 1 amide bonds. The van der Waals surface area contributed by atoms with Crippen molar-refractivity contribution < 1.29 is 18.8 Å². The monoisotopic (exact) mass is 358 g/mol. The second-order valence-corrected chi connectivity index (χ2v) is 5.79.